The van der Waals surface area contributed by atoms with Gasteiger partial charge in [0.1, 0.15) is 11.4 Å². The zero-order chi connectivity index (χ0) is 18.2. The standard InChI is InChI=1S/C16H21F3N6/c1-9-4-5-11(6-9)25-8-13(10(2)24-25)22-15-21-7-12(16(17,18)19)14(20-3)23-15/h7-9,11H,4-6H2,1-3H3,(H2,20,21,22,23)/t9-,11-/m1/s1. The van der Waals surface area contributed by atoms with Crippen LogP contribution in [0.5, 0.6) is 0 Å². The first kappa shape index (κ1) is 17.5. The molecule has 0 saturated heterocycles. The zero-order valence-corrected chi connectivity index (χ0v) is 14.4. The highest BCUT2D eigenvalue weighted by Crippen LogP contribution is 2.36. The molecule has 1 aliphatic carbocycles. The number of anilines is 3. The van der Waals surface area contributed by atoms with Crippen molar-refractivity contribution in [2.45, 2.75) is 45.3 Å². The van der Waals surface area contributed by atoms with Crippen molar-refractivity contribution in [2.24, 2.45) is 5.92 Å². The molecule has 9 heteroatoms. The molecular weight excluding hydrogens is 333 g/mol. The van der Waals surface area contributed by atoms with Crippen LogP contribution < -0.4 is 10.6 Å². The van der Waals surface area contributed by atoms with Crippen LogP contribution in [-0.4, -0.2) is 26.8 Å². The molecule has 0 radical (unpaired) electrons. The first-order chi connectivity index (χ1) is 11.8. The predicted octanol–water partition coefficient (Wildman–Crippen LogP) is 4.15. The average Bonchev–Trinajstić information content (AvgIpc) is 3.12. The molecule has 0 spiro atoms. The summed E-state index contributed by atoms with van der Waals surface area (Å²) in [5, 5.41) is 9.96. The van der Waals surface area contributed by atoms with Gasteiger partial charge in [-0.1, -0.05) is 6.92 Å². The van der Waals surface area contributed by atoms with E-state index in [-0.39, 0.29) is 11.8 Å². The molecule has 2 aromatic rings. The normalized spacial score (nSPS) is 20.7. The van der Waals surface area contributed by atoms with Crippen LogP contribution in [0.1, 0.15) is 43.5 Å². The predicted molar refractivity (Wildman–Crippen MR) is 88.9 cm³/mol. The van der Waals surface area contributed by atoms with Crippen molar-refractivity contribution in [2.75, 3.05) is 17.7 Å². The molecule has 0 aromatic carbocycles. The third-order valence-electron chi connectivity index (χ3n) is 4.54. The molecule has 2 aromatic heterocycles. The molecule has 0 bridgehead atoms. The third kappa shape index (κ3) is 3.69. The lowest BCUT2D eigenvalue weighted by Crippen LogP contribution is -2.12. The molecule has 3 rings (SSSR count). The minimum Gasteiger partial charge on any atom is -0.372 e. The van der Waals surface area contributed by atoms with E-state index in [1.807, 2.05) is 17.8 Å². The van der Waals surface area contributed by atoms with Gasteiger partial charge in [-0.2, -0.15) is 23.3 Å². The second-order valence-electron chi connectivity index (χ2n) is 6.51. The largest absolute Gasteiger partial charge is 0.421 e. The Kier molecular flexibility index (Phi) is 4.57. The Morgan fingerprint density at radius 1 is 1.28 bits per heavy atom. The smallest absolute Gasteiger partial charge is 0.372 e. The van der Waals surface area contributed by atoms with Gasteiger partial charge in [0.25, 0.3) is 0 Å². The summed E-state index contributed by atoms with van der Waals surface area (Å²) >= 11 is 0. The maximum absolute atomic E-state index is 12.9. The number of halogens is 3. The van der Waals surface area contributed by atoms with E-state index in [0.29, 0.717) is 17.6 Å². The summed E-state index contributed by atoms with van der Waals surface area (Å²) in [6.07, 6.45) is 1.50. The molecule has 6 nitrogen and oxygen atoms in total. The molecule has 0 amide bonds. The Labute approximate surface area is 143 Å². The molecule has 2 heterocycles. The first-order valence-electron chi connectivity index (χ1n) is 8.22. The summed E-state index contributed by atoms with van der Waals surface area (Å²) < 4.78 is 40.7. The molecule has 2 atom stereocenters. The lowest BCUT2D eigenvalue weighted by molar-refractivity contribution is -0.137. The second-order valence-corrected chi connectivity index (χ2v) is 6.51. The summed E-state index contributed by atoms with van der Waals surface area (Å²) in [5.41, 5.74) is 0.559. The van der Waals surface area contributed by atoms with E-state index in [2.05, 4.69) is 32.6 Å². The van der Waals surface area contributed by atoms with Crippen molar-refractivity contribution in [1.29, 1.82) is 0 Å². The lowest BCUT2D eigenvalue weighted by Gasteiger charge is -2.12. The quantitative estimate of drug-likeness (QED) is 0.863. The van der Waals surface area contributed by atoms with Crippen molar-refractivity contribution in [3.05, 3.63) is 23.7 Å². The number of hydrogen-bond donors (Lipinski definition) is 2. The molecule has 0 unspecified atom stereocenters. The van der Waals surface area contributed by atoms with Gasteiger partial charge in [0.15, 0.2) is 0 Å². The van der Waals surface area contributed by atoms with Crippen LogP contribution in [0, 0.1) is 12.8 Å². The maximum atomic E-state index is 12.9. The van der Waals surface area contributed by atoms with Crippen LogP contribution in [0.2, 0.25) is 0 Å². The molecule has 1 fully saturated rings. The average molecular weight is 354 g/mol. The molecule has 0 aliphatic heterocycles. The van der Waals surface area contributed by atoms with Crippen LogP contribution in [0.4, 0.5) is 30.6 Å². The second kappa shape index (κ2) is 6.53. The summed E-state index contributed by atoms with van der Waals surface area (Å²) in [5.74, 6) is 0.516. The van der Waals surface area contributed by atoms with Crippen molar-refractivity contribution in [1.82, 2.24) is 19.7 Å². The third-order valence-corrected chi connectivity index (χ3v) is 4.54. The summed E-state index contributed by atoms with van der Waals surface area (Å²) in [6.45, 7) is 4.07. The topological polar surface area (TPSA) is 67.7 Å². The van der Waals surface area contributed by atoms with E-state index >= 15 is 0 Å². The van der Waals surface area contributed by atoms with Crippen molar-refractivity contribution in [3.8, 4) is 0 Å². The van der Waals surface area contributed by atoms with E-state index in [1.165, 1.54) is 13.5 Å². The van der Waals surface area contributed by atoms with Crippen LogP contribution in [0.3, 0.4) is 0 Å². The molecular formula is C16H21F3N6. The summed E-state index contributed by atoms with van der Waals surface area (Å²) in [6, 6.07) is 0.366. The number of aryl methyl sites for hydroxylation is 1. The fourth-order valence-corrected chi connectivity index (χ4v) is 3.17. The summed E-state index contributed by atoms with van der Waals surface area (Å²) in [7, 11) is 1.39. The van der Waals surface area contributed by atoms with Crippen molar-refractivity contribution < 1.29 is 13.2 Å². The van der Waals surface area contributed by atoms with E-state index < -0.39 is 11.7 Å². The summed E-state index contributed by atoms with van der Waals surface area (Å²) in [4.78, 5) is 7.71. The van der Waals surface area contributed by atoms with Crippen LogP contribution in [0.25, 0.3) is 0 Å². The van der Waals surface area contributed by atoms with E-state index in [9.17, 15) is 13.2 Å². The number of alkyl halides is 3. The van der Waals surface area contributed by atoms with Gasteiger partial charge in [0.2, 0.25) is 5.95 Å². The van der Waals surface area contributed by atoms with Gasteiger partial charge in [0, 0.05) is 19.4 Å². The molecule has 1 aliphatic rings. The van der Waals surface area contributed by atoms with Gasteiger partial charge >= 0.3 is 6.18 Å². The minimum absolute atomic E-state index is 0.0970. The number of aromatic nitrogens is 4. The Balaban J connectivity index is 1.82. The number of nitrogens with one attached hydrogen (secondary N) is 2. The van der Waals surface area contributed by atoms with E-state index in [0.717, 1.165) is 24.7 Å². The number of nitrogens with zero attached hydrogens (tertiary/aromatic N) is 4. The van der Waals surface area contributed by atoms with Crippen LogP contribution in [0.15, 0.2) is 12.4 Å². The van der Waals surface area contributed by atoms with Gasteiger partial charge in [-0.3, -0.25) is 4.68 Å². The zero-order valence-electron chi connectivity index (χ0n) is 14.4. The number of hydrogen-bond acceptors (Lipinski definition) is 5. The van der Waals surface area contributed by atoms with Gasteiger partial charge in [0.05, 0.1) is 17.4 Å². The highest BCUT2D eigenvalue weighted by atomic mass is 19.4. The Bertz CT molecular complexity index is 755. The Morgan fingerprint density at radius 3 is 2.64 bits per heavy atom. The maximum Gasteiger partial charge on any atom is 0.421 e. The van der Waals surface area contributed by atoms with E-state index in [4.69, 9.17) is 0 Å². The first-order valence-corrected chi connectivity index (χ1v) is 8.22. The van der Waals surface area contributed by atoms with E-state index in [1.54, 1.807) is 0 Å². The van der Waals surface area contributed by atoms with Crippen LogP contribution in [-0.2, 0) is 6.18 Å². The minimum atomic E-state index is -4.50. The monoisotopic (exact) mass is 354 g/mol. The molecule has 25 heavy (non-hydrogen) atoms. The Hall–Kier alpha value is -2.32. The number of rotatable bonds is 4. The lowest BCUT2D eigenvalue weighted by atomic mass is 10.1. The SMILES string of the molecule is CNc1nc(Nc2cn([C@@H]3CC[C@@H](C)C3)nc2C)ncc1C(F)(F)F. The molecule has 2 N–H and O–H groups in total. The molecule has 136 valence electrons. The molecule has 1 saturated carbocycles. The van der Waals surface area contributed by atoms with Gasteiger partial charge in [-0.25, -0.2) is 4.98 Å². The Morgan fingerprint density at radius 2 is 2.04 bits per heavy atom. The highest BCUT2D eigenvalue weighted by molar-refractivity contribution is 5.57. The fraction of sp³-hybridized carbons (Fsp3) is 0.562. The van der Waals surface area contributed by atoms with Gasteiger partial charge in [-0.05, 0) is 32.1 Å². The van der Waals surface area contributed by atoms with Crippen molar-refractivity contribution >= 4 is 17.5 Å². The van der Waals surface area contributed by atoms with Gasteiger partial charge in [-0.15, -0.1) is 0 Å². The van der Waals surface area contributed by atoms with Crippen molar-refractivity contribution in [3.63, 3.8) is 0 Å². The van der Waals surface area contributed by atoms with Crippen LogP contribution >= 0.6 is 0 Å². The fourth-order valence-electron chi connectivity index (χ4n) is 3.17. The van der Waals surface area contributed by atoms with Gasteiger partial charge < -0.3 is 10.6 Å². The highest BCUT2D eigenvalue weighted by Gasteiger charge is 2.35.